The molecule has 2 aromatic carbocycles. The van der Waals surface area contributed by atoms with Gasteiger partial charge in [-0.1, -0.05) is 6.42 Å². The summed E-state index contributed by atoms with van der Waals surface area (Å²) in [6.07, 6.45) is 4.79. The van der Waals surface area contributed by atoms with Crippen LogP contribution in [0.4, 0.5) is 15.8 Å². The van der Waals surface area contributed by atoms with Gasteiger partial charge in [0, 0.05) is 30.4 Å². The summed E-state index contributed by atoms with van der Waals surface area (Å²) in [5.41, 5.74) is 1.56. The van der Waals surface area contributed by atoms with Crippen molar-refractivity contribution in [2.45, 2.75) is 31.7 Å². The smallest absolute Gasteiger partial charge is 0.255 e. The van der Waals surface area contributed by atoms with Gasteiger partial charge < -0.3 is 19.9 Å². The number of amides is 1. The van der Waals surface area contributed by atoms with Gasteiger partial charge in [-0.2, -0.15) is 0 Å². The molecule has 1 aliphatic carbocycles. The van der Waals surface area contributed by atoms with E-state index in [-0.39, 0.29) is 11.7 Å². The van der Waals surface area contributed by atoms with Gasteiger partial charge in [0.2, 0.25) is 0 Å². The third kappa shape index (κ3) is 4.75. The van der Waals surface area contributed by atoms with Gasteiger partial charge in [-0.3, -0.25) is 4.79 Å². The molecule has 1 saturated heterocycles. The third-order valence-corrected chi connectivity index (χ3v) is 6.27. The molecule has 6 heteroatoms. The van der Waals surface area contributed by atoms with Gasteiger partial charge in [-0.25, -0.2) is 4.39 Å². The monoisotopic (exact) mass is 411 g/mol. The van der Waals surface area contributed by atoms with Crippen LogP contribution < -0.4 is 15.0 Å². The fourth-order valence-electron chi connectivity index (χ4n) is 4.00. The molecular formula is C24H30FN3O2. The molecule has 0 unspecified atom stereocenters. The summed E-state index contributed by atoms with van der Waals surface area (Å²) in [5.74, 6) is 0.865. The minimum atomic E-state index is -0.313. The molecule has 1 amide bonds. The first-order chi connectivity index (χ1) is 14.5. The highest BCUT2D eigenvalue weighted by atomic mass is 19.1. The number of benzene rings is 2. The molecule has 160 valence electrons. The van der Waals surface area contributed by atoms with Crippen LogP contribution in [-0.2, 0) is 0 Å². The molecule has 2 aliphatic rings. The fourth-order valence-corrected chi connectivity index (χ4v) is 4.00. The van der Waals surface area contributed by atoms with Crippen molar-refractivity contribution in [2.75, 3.05) is 44.0 Å². The predicted octanol–water partition coefficient (Wildman–Crippen LogP) is 4.40. The molecule has 0 bridgehead atoms. The minimum Gasteiger partial charge on any atom is -0.493 e. The Morgan fingerprint density at radius 2 is 1.93 bits per heavy atom. The lowest BCUT2D eigenvalue weighted by Gasteiger charge is -2.25. The lowest BCUT2D eigenvalue weighted by Crippen LogP contribution is -2.31. The molecule has 5 nitrogen and oxygen atoms in total. The van der Waals surface area contributed by atoms with Gasteiger partial charge in [-0.15, -0.1) is 0 Å². The topological polar surface area (TPSA) is 44.8 Å². The first-order valence-electron chi connectivity index (χ1n) is 10.7. The number of ether oxygens (including phenoxy) is 1. The second-order valence-corrected chi connectivity index (χ2v) is 8.60. The van der Waals surface area contributed by atoms with Crippen molar-refractivity contribution in [2.24, 2.45) is 5.92 Å². The zero-order chi connectivity index (χ0) is 21.1. The van der Waals surface area contributed by atoms with Gasteiger partial charge in [0.1, 0.15) is 11.6 Å². The van der Waals surface area contributed by atoms with Crippen LogP contribution >= 0.6 is 0 Å². The van der Waals surface area contributed by atoms with E-state index in [9.17, 15) is 9.18 Å². The van der Waals surface area contributed by atoms with E-state index >= 15 is 0 Å². The van der Waals surface area contributed by atoms with Crippen molar-refractivity contribution in [3.05, 3.63) is 53.8 Å². The Labute approximate surface area is 177 Å². The van der Waals surface area contributed by atoms with Crippen LogP contribution in [0.5, 0.6) is 5.75 Å². The van der Waals surface area contributed by atoms with E-state index in [1.165, 1.54) is 25.3 Å². The van der Waals surface area contributed by atoms with E-state index in [2.05, 4.69) is 29.2 Å². The predicted molar refractivity (Wildman–Crippen MR) is 118 cm³/mol. The quantitative estimate of drug-likeness (QED) is 0.734. The summed E-state index contributed by atoms with van der Waals surface area (Å²) in [6, 6.07) is 12.4. The molecule has 1 saturated carbocycles. The number of carbonyl (C=O) groups excluding carboxylic acids is 1. The van der Waals surface area contributed by atoms with E-state index in [1.54, 1.807) is 24.3 Å². The number of hydrogen-bond acceptors (Lipinski definition) is 4. The average molecular weight is 412 g/mol. The highest BCUT2D eigenvalue weighted by Gasteiger charge is 2.26. The first kappa shape index (κ1) is 20.7. The lowest BCUT2D eigenvalue weighted by atomic mass is 9.86. The highest BCUT2D eigenvalue weighted by Crippen LogP contribution is 2.28. The molecule has 4 rings (SSSR count). The Bertz CT molecular complexity index is 881. The Balaban J connectivity index is 1.34. The number of anilines is 2. The van der Waals surface area contributed by atoms with E-state index in [0.717, 1.165) is 31.9 Å². The summed E-state index contributed by atoms with van der Waals surface area (Å²) >= 11 is 0. The van der Waals surface area contributed by atoms with Crippen LogP contribution in [0.1, 0.15) is 36.0 Å². The van der Waals surface area contributed by atoms with Crippen LogP contribution in [0.15, 0.2) is 42.5 Å². The number of nitrogens with one attached hydrogen (secondary N) is 1. The minimum absolute atomic E-state index is 0.262. The normalized spacial score (nSPS) is 19.1. The van der Waals surface area contributed by atoms with Crippen molar-refractivity contribution in [3.63, 3.8) is 0 Å². The van der Waals surface area contributed by atoms with Gasteiger partial charge in [0.15, 0.2) is 0 Å². The number of rotatable bonds is 7. The molecule has 0 aromatic heterocycles. The van der Waals surface area contributed by atoms with Crippen LogP contribution in [0.25, 0.3) is 0 Å². The maximum atomic E-state index is 14.7. The van der Waals surface area contributed by atoms with E-state index in [1.807, 2.05) is 12.1 Å². The average Bonchev–Trinajstić information content (AvgIpc) is 3.17. The molecule has 2 fully saturated rings. The Kier molecular flexibility index (Phi) is 6.23. The number of likely N-dealkylation sites (N-methyl/N-ethyl adjacent to an activating group) is 1. The first-order valence-corrected chi connectivity index (χ1v) is 10.7. The molecule has 1 aliphatic heterocycles. The summed E-state index contributed by atoms with van der Waals surface area (Å²) in [7, 11) is 4.10. The molecule has 30 heavy (non-hydrogen) atoms. The van der Waals surface area contributed by atoms with Gasteiger partial charge in [0.05, 0.1) is 12.3 Å². The maximum absolute atomic E-state index is 14.7. The summed E-state index contributed by atoms with van der Waals surface area (Å²) in [6.45, 7) is 2.38. The molecule has 0 radical (unpaired) electrons. The van der Waals surface area contributed by atoms with E-state index in [4.69, 9.17) is 4.74 Å². The number of carbonyl (C=O) groups is 1. The second kappa shape index (κ2) is 9.04. The van der Waals surface area contributed by atoms with E-state index < -0.39 is 0 Å². The lowest BCUT2D eigenvalue weighted by molar-refractivity contribution is 0.102. The van der Waals surface area contributed by atoms with Crippen LogP contribution in [0.2, 0.25) is 0 Å². The largest absolute Gasteiger partial charge is 0.493 e. The standard InChI is InChI=1S/C24H30FN3O2/c1-27(2)20-12-13-28(15-20)23-11-8-19(14-22(23)25)26-24(29)18-6-9-21(10-7-18)30-16-17-4-3-5-17/h6-11,14,17,20H,3-5,12-13,15-16H2,1-2H3,(H,26,29)/t20-/m1/s1. The van der Waals surface area contributed by atoms with Crippen LogP contribution in [-0.4, -0.2) is 50.6 Å². The third-order valence-electron chi connectivity index (χ3n) is 6.27. The maximum Gasteiger partial charge on any atom is 0.255 e. The van der Waals surface area contributed by atoms with E-state index in [0.29, 0.717) is 28.9 Å². The second-order valence-electron chi connectivity index (χ2n) is 8.60. The molecule has 2 aromatic rings. The fraction of sp³-hybridized carbons (Fsp3) is 0.458. The Morgan fingerprint density at radius 1 is 1.17 bits per heavy atom. The molecular weight excluding hydrogens is 381 g/mol. The van der Waals surface area contributed by atoms with Crippen molar-refractivity contribution in [1.29, 1.82) is 0 Å². The van der Waals surface area contributed by atoms with Crippen molar-refractivity contribution in [3.8, 4) is 5.75 Å². The molecule has 1 atom stereocenters. The van der Waals surface area contributed by atoms with Gasteiger partial charge in [-0.05, 0) is 81.7 Å². The number of halogens is 1. The summed E-state index contributed by atoms with van der Waals surface area (Å²) in [5, 5.41) is 2.79. The van der Waals surface area contributed by atoms with Crippen LogP contribution in [0, 0.1) is 11.7 Å². The Morgan fingerprint density at radius 3 is 2.53 bits per heavy atom. The number of hydrogen-bond donors (Lipinski definition) is 1. The SMILES string of the molecule is CN(C)[C@@H]1CCN(c2ccc(NC(=O)c3ccc(OCC4CCC4)cc3)cc2F)C1. The molecule has 1 N–H and O–H groups in total. The molecule has 0 spiro atoms. The Hall–Kier alpha value is -2.60. The number of nitrogens with zero attached hydrogens (tertiary/aromatic N) is 2. The van der Waals surface area contributed by atoms with Crippen molar-refractivity contribution in [1.82, 2.24) is 4.90 Å². The van der Waals surface area contributed by atoms with Gasteiger partial charge in [0.25, 0.3) is 5.91 Å². The van der Waals surface area contributed by atoms with Crippen molar-refractivity contribution >= 4 is 17.3 Å². The summed E-state index contributed by atoms with van der Waals surface area (Å²) < 4.78 is 20.5. The molecule has 1 heterocycles. The highest BCUT2D eigenvalue weighted by molar-refractivity contribution is 6.04. The zero-order valence-electron chi connectivity index (χ0n) is 17.7. The van der Waals surface area contributed by atoms with Crippen molar-refractivity contribution < 1.29 is 13.9 Å². The zero-order valence-corrected chi connectivity index (χ0v) is 17.7. The van der Waals surface area contributed by atoms with Crippen LogP contribution in [0.3, 0.4) is 0 Å². The van der Waals surface area contributed by atoms with Gasteiger partial charge >= 0.3 is 0 Å². The summed E-state index contributed by atoms with van der Waals surface area (Å²) in [4.78, 5) is 16.8.